The van der Waals surface area contributed by atoms with Crippen LogP contribution in [0.2, 0.25) is 0 Å². The molecule has 3 rings (SSSR count). The largest absolute Gasteiger partial charge is 0.497 e. The molecule has 134 valence electrons. The molecule has 0 saturated carbocycles. The zero-order valence-electron chi connectivity index (χ0n) is 14.5. The number of benzene rings is 2. The van der Waals surface area contributed by atoms with Crippen LogP contribution in [0.5, 0.6) is 11.5 Å². The number of nitrogens with zero attached hydrogens (tertiary/aromatic N) is 1. The minimum Gasteiger partial charge on any atom is -0.497 e. The maximum Gasteiger partial charge on any atom is 0.325 e. The van der Waals surface area contributed by atoms with Crippen LogP contribution in [0.4, 0.5) is 15.6 Å². The highest BCUT2D eigenvalue weighted by atomic mass is 32.1. The lowest BCUT2D eigenvalue weighted by molar-refractivity contribution is 0.262. The first kappa shape index (κ1) is 17.8. The van der Waals surface area contributed by atoms with Gasteiger partial charge in [-0.05, 0) is 55.5 Å². The number of carbonyl (C=O) groups is 1. The third-order valence-corrected chi connectivity index (χ3v) is 4.29. The van der Waals surface area contributed by atoms with E-state index in [-0.39, 0.29) is 6.03 Å². The van der Waals surface area contributed by atoms with Crippen LogP contribution in [-0.4, -0.2) is 24.7 Å². The van der Waals surface area contributed by atoms with Crippen molar-refractivity contribution in [3.63, 3.8) is 0 Å². The summed E-state index contributed by atoms with van der Waals surface area (Å²) in [6.45, 7) is 2.53. The van der Waals surface area contributed by atoms with Crippen molar-refractivity contribution >= 4 is 28.2 Å². The zero-order valence-corrected chi connectivity index (χ0v) is 15.3. The second kappa shape index (κ2) is 8.35. The summed E-state index contributed by atoms with van der Waals surface area (Å²) in [5, 5.41) is 7.94. The van der Waals surface area contributed by atoms with Crippen molar-refractivity contribution in [2.24, 2.45) is 0 Å². The summed E-state index contributed by atoms with van der Waals surface area (Å²) in [4.78, 5) is 16.6. The Balaban J connectivity index is 1.60. The van der Waals surface area contributed by atoms with Gasteiger partial charge in [0.15, 0.2) is 5.13 Å². The fourth-order valence-corrected chi connectivity index (χ4v) is 3.00. The molecule has 0 radical (unpaired) electrons. The third kappa shape index (κ3) is 4.52. The van der Waals surface area contributed by atoms with Gasteiger partial charge in [-0.2, -0.15) is 0 Å². The first-order chi connectivity index (χ1) is 12.7. The van der Waals surface area contributed by atoms with Crippen molar-refractivity contribution in [3.05, 3.63) is 53.9 Å². The average molecular weight is 369 g/mol. The monoisotopic (exact) mass is 369 g/mol. The van der Waals surface area contributed by atoms with E-state index < -0.39 is 0 Å². The molecule has 0 aliphatic heterocycles. The Morgan fingerprint density at radius 3 is 2.38 bits per heavy atom. The first-order valence-electron chi connectivity index (χ1n) is 8.08. The van der Waals surface area contributed by atoms with E-state index in [1.807, 2.05) is 48.7 Å². The predicted octanol–water partition coefficient (Wildman–Crippen LogP) is 4.86. The van der Waals surface area contributed by atoms with E-state index in [0.717, 1.165) is 22.8 Å². The van der Waals surface area contributed by atoms with Crippen molar-refractivity contribution in [1.82, 2.24) is 4.98 Å². The second-order valence-corrected chi connectivity index (χ2v) is 6.16. The lowest BCUT2D eigenvalue weighted by atomic mass is 10.2. The number of anilines is 2. The summed E-state index contributed by atoms with van der Waals surface area (Å²) in [5.41, 5.74) is 2.44. The molecule has 0 bridgehead atoms. The lowest BCUT2D eigenvalue weighted by Crippen LogP contribution is -2.19. The Bertz CT molecular complexity index is 860. The molecule has 0 aliphatic carbocycles. The topological polar surface area (TPSA) is 72.5 Å². The van der Waals surface area contributed by atoms with Crippen molar-refractivity contribution in [3.8, 4) is 22.8 Å². The maximum absolute atomic E-state index is 12.1. The summed E-state index contributed by atoms with van der Waals surface area (Å²) >= 11 is 1.37. The Hall–Kier alpha value is -3.06. The number of aromatic nitrogens is 1. The summed E-state index contributed by atoms with van der Waals surface area (Å²) in [6.07, 6.45) is 0. The summed E-state index contributed by atoms with van der Waals surface area (Å²) < 4.78 is 10.5. The van der Waals surface area contributed by atoms with Gasteiger partial charge in [0.1, 0.15) is 11.5 Å². The normalized spacial score (nSPS) is 10.2. The van der Waals surface area contributed by atoms with Crippen molar-refractivity contribution < 1.29 is 14.3 Å². The minimum absolute atomic E-state index is 0.343. The molecule has 0 fully saturated rings. The van der Waals surface area contributed by atoms with Gasteiger partial charge in [-0.15, -0.1) is 11.3 Å². The molecule has 0 unspecified atom stereocenters. The van der Waals surface area contributed by atoms with Crippen LogP contribution in [0.3, 0.4) is 0 Å². The summed E-state index contributed by atoms with van der Waals surface area (Å²) in [5.74, 6) is 1.56. The minimum atomic E-state index is -0.343. The average Bonchev–Trinajstić information content (AvgIpc) is 3.12. The van der Waals surface area contributed by atoms with Crippen LogP contribution in [0.15, 0.2) is 53.9 Å². The quantitative estimate of drug-likeness (QED) is 0.651. The molecule has 0 spiro atoms. The number of hydrogen-bond donors (Lipinski definition) is 2. The SMILES string of the molecule is CCOc1ccc(NC(=O)Nc2nc(-c3ccc(OC)cc3)cs2)cc1. The van der Waals surface area contributed by atoms with Crippen LogP contribution in [0, 0.1) is 0 Å². The molecule has 2 aromatic carbocycles. The fourth-order valence-electron chi connectivity index (χ4n) is 2.29. The molecule has 2 amide bonds. The molecule has 6 nitrogen and oxygen atoms in total. The van der Waals surface area contributed by atoms with Gasteiger partial charge in [0.05, 0.1) is 19.4 Å². The summed E-state index contributed by atoms with van der Waals surface area (Å²) in [6, 6.07) is 14.5. The molecular formula is C19H19N3O3S. The third-order valence-electron chi connectivity index (χ3n) is 3.53. The molecule has 1 heterocycles. The van der Waals surface area contributed by atoms with E-state index in [2.05, 4.69) is 15.6 Å². The number of thiazole rings is 1. The predicted molar refractivity (Wildman–Crippen MR) is 104 cm³/mol. The number of ether oxygens (including phenoxy) is 2. The number of hydrogen-bond acceptors (Lipinski definition) is 5. The van der Waals surface area contributed by atoms with Gasteiger partial charge < -0.3 is 14.8 Å². The number of carbonyl (C=O) groups excluding carboxylic acids is 1. The fraction of sp³-hybridized carbons (Fsp3) is 0.158. The van der Waals surface area contributed by atoms with Crippen LogP contribution in [0.25, 0.3) is 11.3 Å². The smallest absolute Gasteiger partial charge is 0.325 e. The number of methoxy groups -OCH3 is 1. The standard InChI is InChI=1S/C19H19N3O3S/c1-3-25-16-10-6-14(7-11-16)20-18(23)22-19-21-17(12-26-19)13-4-8-15(24-2)9-5-13/h4-12H,3H2,1-2H3,(H2,20,21,22,23). The first-order valence-corrected chi connectivity index (χ1v) is 8.96. The molecule has 7 heteroatoms. The van der Waals surface area contributed by atoms with Gasteiger partial charge >= 0.3 is 6.03 Å². The molecule has 0 saturated heterocycles. The van der Waals surface area contributed by atoms with Gasteiger partial charge in [0.2, 0.25) is 0 Å². The van der Waals surface area contributed by atoms with Crippen molar-refractivity contribution in [2.75, 3.05) is 24.4 Å². The van der Waals surface area contributed by atoms with E-state index in [1.165, 1.54) is 11.3 Å². The van der Waals surface area contributed by atoms with E-state index in [0.29, 0.717) is 17.4 Å². The lowest BCUT2D eigenvalue weighted by Gasteiger charge is -2.07. The van der Waals surface area contributed by atoms with E-state index in [4.69, 9.17) is 9.47 Å². The van der Waals surface area contributed by atoms with Gasteiger partial charge in [-0.3, -0.25) is 5.32 Å². The molecule has 2 N–H and O–H groups in total. The summed E-state index contributed by atoms with van der Waals surface area (Å²) in [7, 11) is 1.63. The van der Waals surface area contributed by atoms with Crippen LogP contribution >= 0.6 is 11.3 Å². The Labute approximate surface area is 155 Å². The Kier molecular flexibility index (Phi) is 5.70. The Morgan fingerprint density at radius 2 is 1.73 bits per heavy atom. The van der Waals surface area contributed by atoms with Crippen LogP contribution in [0.1, 0.15) is 6.92 Å². The number of amides is 2. The number of urea groups is 1. The van der Waals surface area contributed by atoms with E-state index in [1.54, 1.807) is 19.2 Å². The maximum atomic E-state index is 12.1. The molecular weight excluding hydrogens is 350 g/mol. The second-order valence-electron chi connectivity index (χ2n) is 5.30. The van der Waals surface area contributed by atoms with E-state index >= 15 is 0 Å². The highest BCUT2D eigenvalue weighted by molar-refractivity contribution is 7.14. The van der Waals surface area contributed by atoms with Gasteiger partial charge in [0, 0.05) is 16.6 Å². The molecule has 0 aliphatic rings. The number of rotatable bonds is 6. The van der Waals surface area contributed by atoms with Crippen molar-refractivity contribution in [1.29, 1.82) is 0 Å². The van der Waals surface area contributed by atoms with Gasteiger partial charge in [-0.25, -0.2) is 9.78 Å². The molecule has 1 aromatic heterocycles. The van der Waals surface area contributed by atoms with Crippen molar-refractivity contribution in [2.45, 2.75) is 6.92 Å². The van der Waals surface area contributed by atoms with Crippen LogP contribution < -0.4 is 20.1 Å². The highest BCUT2D eigenvalue weighted by Gasteiger charge is 2.08. The molecule has 26 heavy (non-hydrogen) atoms. The van der Waals surface area contributed by atoms with Gasteiger partial charge in [0.25, 0.3) is 0 Å². The number of nitrogens with one attached hydrogen (secondary N) is 2. The molecule has 0 atom stereocenters. The highest BCUT2D eigenvalue weighted by Crippen LogP contribution is 2.26. The van der Waals surface area contributed by atoms with Gasteiger partial charge in [-0.1, -0.05) is 0 Å². The van der Waals surface area contributed by atoms with Crippen LogP contribution in [-0.2, 0) is 0 Å². The Morgan fingerprint density at radius 1 is 1.04 bits per heavy atom. The molecule has 3 aromatic rings. The zero-order chi connectivity index (χ0) is 18.4. The van der Waals surface area contributed by atoms with E-state index in [9.17, 15) is 4.79 Å².